The Labute approximate surface area is 65.4 Å². The molecule has 11 heavy (non-hydrogen) atoms. The van der Waals surface area contributed by atoms with Crippen LogP contribution < -0.4 is 4.74 Å². The minimum absolute atomic E-state index is 0.638. The molecule has 1 radical (unpaired) electrons. The number of benzene rings is 1. The van der Waals surface area contributed by atoms with Crippen molar-refractivity contribution in [3.63, 3.8) is 0 Å². The smallest absolute Gasteiger partial charge is 0.197 e. The van der Waals surface area contributed by atoms with Crippen LogP contribution >= 0.6 is 0 Å². The topological polar surface area (TPSA) is 29.5 Å². The number of fused-ring (bicyclic) bond motifs is 1. The van der Waals surface area contributed by atoms with Crippen LogP contribution in [0.15, 0.2) is 18.2 Å². The maximum Gasteiger partial charge on any atom is 0.197 e. The molecule has 0 aromatic heterocycles. The highest BCUT2D eigenvalue weighted by atomic mass is 16.6. The summed E-state index contributed by atoms with van der Waals surface area (Å²) < 4.78 is 5.13. The van der Waals surface area contributed by atoms with E-state index in [0.29, 0.717) is 12.2 Å². The fourth-order valence-electron chi connectivity index (χ4n) is 1.24. The molecule has 1 atom stereocenters. The van der Waals surface area contributed by atoms with Gasteiger partial charge in [0.05, 0.1) is 0 Å². The molecule has 2 nitrogen and oxygen atoms in total. The fraction of sp³-hybridized carbons (Fsp3) is 0.333. The van der Waals surface area contributed by atoms with E-state index in [9.17, 15) is 0 Å². The molecule has 0 amide bonds. The van der Waals surface area contributed by atoms with E-state index in [1.165, 1.54) is 0 Å². The first kappa shape index (κ1) is 6.68. The highest BCUT2D eigenvalue weighted by molar-refractivity contribution is 5.33. The van der Waals surface area contributed by atoms with Crippen LogP contribution in [0, 0.1) is 6.07 Å². The van der Waals surface area contributed by atoms with E-state index in [0.717, 1.165) is 12.0 Å². The van der Waals surface area contributed by atoms with Gasteiger partial charge < -0.3 is 9.84 Å². The van der Waals surface area contributed by atoms with Gasteiger partial charge in [0.2, 0.25) is 0 Å². The first-order chi connectivity index (χ1) is 5.36. The van der Waals surface area contributed by atoms with Crippen LogP contribution in [0.25, 0.3) is 0 Å². The Morgan fingerprint density at radius 1 is 1.64 bits per heavy atom. The molecule has 1 aliphatic rings. The quantitative estimate of drug-likeness (QED) is 0.599. The Balaban J connectivity index is 2.34. The van der Waals surface area contributed by atoms with Crippen LogP contribution in [0.1, 0.15) is 12.0 Å². The number of aliphatic hydroxyl groups excluding tert-OH is 1. The molecule has 0 saturated carbocycles. The summed E-state index contributed by atoms with van der Waals surface area (Å²) in [5, 5.41) is 9.11. The predicted molar refractivity (Wildman–Crippen MR) is 40.2 cm³/mol. The summed E-state index contributed by atoms with van der Waals surface area (Å²) in [5.74, 6) is 0.700. The molecule has 0 fully saturated rings. The third kappa shape index (κ3) is 1.21. The fourth-order valence-corrected chi connectivity index (χ4v) is 1.24. The Hall–Kier alpha value is -1.02. The van der Waals surface area contributed by atoms with E-state index >= 15 is 0 Å². The van der Waals surface area contributed by atoms with Gasteiger partial charge in [0.1, 0.15) is 5.75 Å². The Kier molecular flexibility index (Phi) is 1.55. The van der Waals surface area contributed by atoms with Crippen molar-refractivity contribution in [1.82, 2.24) is 0 Å². The zero-order valence-electron chi connectivity index (χ0n) is 6.08. The molecule has 1 unspecified atom stereocenters. The number of aryl methyl sites for hydroxylation is 1. The third-order valence-electron chi connectivity index (χ3n) is 1.81. The normalized spacial score (nSPS) is 22.1. The molecule has 2 heteroatoms. The van der Waals surface area contributed by atoms with Crippen molar-refractivity contribution in [2.24, 2.45) is 0 Å². The van der Waals surface area contributed by atoms with Crippen molar-refractivity contribution in [2.75, 3.05) is 0 Å². The van der Waals surface area contributed by atoms with Crippen molar-refractivity contribution in [1.29, 1.82) is 0 Å². The molecule has 1 aliphatic heterocycles. The lowest BCUT2D eigenvalue weighted by molar-refractivity contribution is -0.0318. The monoisotopic (exact) mass is 149 g/mol. The standard InChI is InChI=1S/C9H9O2/c10-9-6-5-7-3-1-2-4-8(7)11-9/h1-3,9-10H,5-6H2. The summed E-state index contributed by atoms with van der Waals surface area (Å²) in [6.07, 6.45) is 0.930. The van der Waals surface area contributed by atoms with E-state index in [-0.39, 0.29) is 0 Å². The van der Waals surface area contributed by atoms with E-state index in [2.05, 4.69) is 6.07 Å². The van der Waals surface area contributed by atoms with Crippen molar-refractivity contribution in [2.45, 2.75) is 19.1 Å². The molecule has 0 bridgehead atoms. The van der Waals surface area contributed by atoms with E-state index in [4.69, 9.17) is 9.84 Å². The van der Waals surface area contributed by atoms with Crippen molar-refractivity contribution in [3.05, 3.63) is 29.8 Å². The third-order valence-corrected chi connectivity index (χ3v) is 1.81. The largest absolute Gasteiger partial charge is 0.464 e. The lowest BCUT2D eigenvalue weighted by Gasteiger charge is -2.21. The summed E-state index contributed by atoms with van der Waals surface area (Å²) in [6.45, 7) is 0. The molecule has 0 spiro atoms. The van der Waals surface area contributed by atoms with Crippen LogP contribution in [0.3, 0.4) is 0 Å². The van der Waals surface area contributed by atoms with Gasteiger partial charge in [-0.1, -0.05) is 18.2 Å². The second-order valence-electron chi connectivity index (χ2n) is 2.64. The van der Waals surface area contributed by atoms with Crippen LogP contribution in [-0.4, -0.2) is 11.4 Å². The highest BCUT2D eigenvalue weighted by Gasteiger charge is 2.15. The van der Waals surface area contributed by atoms with Crippen LogP contribution in [0.5, 0.6) is 5.75 Å². The Bertz CT molecular complexity index is 257. The van der Waals surface area contributed by atoms with Crippen LogP contribution in [0.2, 0.25) is 0 Å². The van der Waals surface area contributed by atoms with Gasteiger partial charge in [0.25, 0.3) is 0 Å². The number of rotatable bonds is 0. The average molecular weight is 149 g/mol. The number of ether oxygens (including phenoxy) is 1. The summed E-state index contributed by atoms with van der Waals surface area (Å²) in [4.78, 5) is 0. The van der Waals surface area contributed by atoms with Gasteiger partial charge in [-0.25, -0.2) is 0 Å². The molecule has 0 aliphatic carbocycles. The molecule has 1 aromatic carbocycles. The maximum absolute atomic E-state index is 9.11. The van der Waals surface area contributed by atoms with E-state index in [1.54, 1.807) is 6.07 Å². The van der Waals surface area contributed by atoms with Crippen molar-refractivity contribution >= 4 is 0 Å². The Morgan fingerprint density at radius 3 is 3.45 bits per heavy atom. The average Bonchev–Trinajstić information content (AvgIpc) is 2.04. The van der Waals surface area contributed by atoms with Gasteiger partial charge in [0, 0.05) is 12.5 Å². The first-order valence-electron chi connectivity index (χ1n) is 3.70. The van der Waals surface area contributed by atoms with Gasteiger partial charge >= 0.3 is 0 Å². The highest BCUT2D eigenvalue weighted by Crippen LogP contribution is 2.25. The van der Waals surface area contributed by atoms with Crippen molar-refractivity contribution in [3.8, 4) is 5.75 Å². The summed E-state index contributed by atoms with van der Waals surface area (Å²) in [5.41, 5.74) is 1.14. The molecule has 1 N–H and O–H groups in total. The van der Waals surface area contributed by atoms with Gasteiger partial charge in [-0.2, -0.15) is 0 Å². The zero-order valence-corrected chi connectivity index (χ0v) is 6.08. The van der Waals surface area contributed by atoms with Crippen LogP contribution in [-0.2, 0) is 6.42 Å². The molecule has 1 aromatic rings. The minimum Gasteiger partial charge on any atom is -0.464 e. The first-order valence-corrected chi connectivity index (χ1v) is 3.70. The lowest BCUT2D eigenvalue weighted by Crippen LogP contribution is -2.21. The van der Waals surface area contributed by atoms with E-state index in [1.807, 2.05) is 12.1 Å². The number of aliphatic hydroxyl groups is 1. The van der Waals surface area contributed by atoms with Crippen LogP contribution in [0.4, 0.5) is 0 Å². The molecule has 1 heterocycles. The Morgan fingerprint density at radius 2 is 2.55 bits per heavy atom. The predicted octanol–water partition coefficient (Wildman–Crippen LogP) is 1.13. The maximum atomic E-state index is 9.11. The number of hydrogen-bond donors (Lipinski definition) is 1. The SMILES string of the molecule is OC1CCc2ccc[c]c2O1. The number of hydrogen-bond acceptors (Lipinski definition) is 2. The molecular weight excluding hydrogens is 140 g/mol. The summed E-state index contributed by atoms with van der Waals surface area (Å²) in [7, 11) is 0. The van der Waals surface area contributed by atoms with Gasteiger partial charge in [-0.15, -0.1) is 0 Å². The molecule has 2 rings (SSSR count). The number of para-hydroxylation sites is 1. The minimum atomic E-state index is -0.638. The molecule has 0 saturated heterocycles. The summed E-state index contributed by atoms with van der Waals surface area (Å²) >= 11 is 0. The second-order valence-corrected chi connectivity index (χ2v) is 2.64. The molecule has 57 valence electrons. The van der Waals surface area contributed by atoms with Crippen molar-refractivity contribution < 1.29 is 9.84 Å². The second kappa shape index (κ2) is 2.55. The van der Waals surface area contributed by atoms with Gasteiger partial charge in [-0.05, 0) is 12.0 Å². The van der Waals surface area contributed by atoms with E-state index < -0.39 is 6.29 Å². The zero-order chi connectivity index (χ0) is 7.68. The lowest BCUT2D eigenvalue weighted by atomic mass is 10.1. The van der Waals surface area contributed by atoms with Gasteiger partial charge in [-0.3, -0.25) is 0 Å². The van der Waals surface area contributed by atoms with Gasteiger partial charge in [0.15, 0.2) is 6.29 Å². The molecular formula is C9H9O2. The summed E-state index contributed by atoms with van der Waals surface area (Å²) in [6, 6.07) is 8.65.